The summed E-state index contributed by atoms with van der Waals surface area (Å²) in [5.74, 6) is 0. The maximum absolute atomic E-state index is 3.63. The molecule has 2 N–H and O–H groups in total. The van der Waals surface area contributed by atoms with Crippen molar-refractivity contribution in [1.29, 1.82) is 0 Å². The lowest BCUT2D eigenvalue weighted by molar-refractivity contribution is 1.02. The summed E-state index contributed by atoms with van der Waals surface area (Å²) in [5, 5.41) is 5.89. The number of rotatable bonds is 5. The van der Waals surface area contributed by atoms with E-state index in [9.17, 15) is 0 Å². The van der Waals surface area contributed by atoms with Gasteiger partial charge in [0.15, 0.2) is 0 Å². The van der Waals surface area contributed by atoms with E-state index in [2.05, 4.69) is 23.8 Å². The van der Waals surface area contributed by atoms with Crippen molar-refractivity contribution in [2.24, 2.45) is 0 Å². The lowest BCUT2D eigenvalue weighted by Crippen LogP contribution is -2.06. The van der Waals surface area contributed by atoms with Gasteiger partial charge in [0, 0.05) is 19.4 Å². The van der Waals surface area contributed by atoms with Crippen LogP contribution >= 0.6 is 0 Å². The molecule has 0 amide bonds. The number of hydrogen-bond acceptors (Lipinski definition) is 2. The van der Waals surface area contributed by atoms with Gasteiger partial charge in [-0.25, -0.2) is 0 Å². The average molecular weight is 150 g/mol. The largest absolute Gasteiger partial charge is 0.392 e. The van der Waals surface area contributed by atoms with Crippen molar-refractivity contribution >= 4 is 0 Å². The molecule has 0 aliphatic carbocycles. The van der Waals surface area contributed by atoms with E-state index in [4.69, 9.17) is 0 Å². The van der Waals surface area contributed by atoms with Crippen LogP contribution in [0.2, 0.25) is 0 Å². The normalized spacial score (nSPS) is 11.2. The summed E-state index contributed by atoms with van der Waals surface area (Å²) in [6.07, 6.45) is 8.85. The molecule has 0 rings (SSSR count). The second-order valence-corrected chi connectivity index (χ2v) is 1.83. The Morgan fingerprint density at radius 1 is 1.36 bits per heavy atom. The molecule has 0 saturated carbocycles. The lowest BCUT2D eigenvalue weighted by Gasteiger charge is -1.99. The van der Waals surface area contributed by atoms with Gasteiger partial charge in [0.25, 0.3) is 0 Å². The van der Waals surface area contributed by atoms with Crippen molar-refractivity contribution < 1.29 is 0 Å². The minimum atomic E-state index is 0.922. The van der Waals surface area contributed by atoms with Crippen molar-refractivity contribution in [2.45, 2.75) is 0 Å². The van der Waals surface area contributed by atoms with Crippen molar-refractivity contribution in [3.8, 4) is 0 Å². The zero-order valence-corrected chi connectivity index (χ0v) is 6.80. The molecule has 60 valence electrons. The van der Waals surface area contributed by atoms with Crippen molar-refractivity contribution in [3.05, 3.63) is 49.5 Å². The first-order valence-corrected chi connectivity index (χ1v) is 3.39. The van der Waals surface area contributed by atoms with Gasteiger partial charge in [0.05, 0.1) is 5.70 Å². The van der Waals surface area contributed by atoms with Gasteiger partial charge in [-0.1, -0.05) is 19.2 Å². The van der Waals surface area contributed by atoms with E-state index < -0.39 is 0 Å². The highest BCUT2D eigenvalue weighted by molar-refractivity contribution is 5.16. The Morgan fingerprint density at radius 3 is 2.55 bits per heavy atom. The third kappa shape index (κ3) is 5.03. The number of hydrogen-bond donors (Lipinski definition) is 2. The molecule has 2 nitrogen and oxygen atoms in total. The molecular formula is C9H14N2. The maximum Gasteiger partial charge on any atom is 0.0533 e. The van der Waals surface area contributed by atoms with Gasteiger partial charge < -0.3 is 10.6 Å². The summed E-state index contributed by atoms with van der Waals surface area (Å²) in [7, 11) is 1.84. The Labute approximate surface area is 68.0 Å². The van der Waals surface area contributed by atoms with Crippen LogP contribution in [0.1, 0.15) is 0 Å². The van der Waals surface area contributed by atoms with Crippen LogP contribution in [0.4, 0.5) is 0 Å². The van der Waals surface area contributed by atoms with Gasteiger partial charge in [-0.05, 0) is 12.2 Å². The quantitative estimate of drug-likeness (QED) is 0.581. The van der Waals surface area contributed by atoms with Crippen LogP contribution in [0, 0.1) is 0 Å². The van der Waals surface area contributed by atoms with Crippen LogP contribution in [0.3, 0.4) is 0 Å². The minimum Gasteiger partial charge on any atom is -0.392 e. The van der Waals surface area contributed by atoms with Crippen LogP contribution < -0.4 is 10.6 Å². The molecule has 0 aromatic heterocycles. The van der Waals surface area contributed by atoms with E-state index in [-0.39, 0.29) is 0 Å². The summed E-state index contributed by atoms with van der Waals surface area (Å²) in [6, 6.07) is 0. The van der Waals surface area contributed by atoms with Crippen LogP contribution in [0.25, 0.3) is 0 Å². The van der Waals surface area contributed by atoms with Gasteiger partial charge in [0.2, 0.25) is 0 Å². The Hall–Kier alpha value is -1.44. The predicted octanol–water partition coefficient (Wildman–Crippen LogP) is 1.52. The summed E-state index contributed by atoms with van der Waals surface area (Å²) in [5.41, 5.74) is 0.922. The van der Waals surface area contributed by atoms with Gasteiger partial charge in [0.1, 0.15) is 0 Å². The van der Waals surface area contributed by atoms with E-state index in [1.165, 1.54) is 0 Å². The van der Waals surface area contributed by atoms with E-state index in [1.807, 2.05) is 19.3 Å². The van der Waals surface area contributed by atoms with Crippen molar-refractivity contribution in [1.82, 2.24) is 10.6 Å². The van der Waals surface area contributed by atoms with E-state index in [0.717, 1.165) is 5.70 Å². The highest BCUT2D eigenvalue weighted by Crippen LogP contribution is 1.86. The second kappa shape index (κ2) is 6.68. The first kappa shape index (κ1) is 9.56. The third-order valence-electron chi connectivity index (χ3n) is 1.00. The van der Waals surface area contributed by atoms with Crippen molar-refractivity contribution in [2.75, 3.05) is 7.05 Å². The topological polar surface area (TPSA) is 24.1 Å². The maximum atomic E-state index is 3.63. The SMILES string of the molecule is C=C/C=C\N/C(C=C)=C/NC. The summed E-state index contributed by atoms with van der Waals surface area (Å²) in [4.78, 5) is 0. The molecule has 2 heteroatoms. The fraction of sp³-hybridized carbons (Fsp3) is 0.111. The second-order valence-electron chi connectivity index (χ2n) is 1.83. The first-order valence-electron chi connectivity index (χ1n) is 3.39. The zero-order chi connectivity index (χ0) is 8.53. The Morgan fingerprint density at radius 2 is 2.09 bits per heavy atom. The molecule has 0 aromatic rings. The van der Waals surface area contributed by atoms with Gasteiger partial charge in [-0.15, -0.1) is 0 Å². The first-order chi connectivity index (χ1) is 5.35. The lowest BCUT2D eigenvalue weighted by atomic mass is 10.4. The van der Waals surface area contributed by atoms with Crippen LogP contribution in [-0.2, 0) is 0 Å². The zero-order valence-electron chi connectivity index (χ0n) is 6.80. The molecule has 0 saturated heterocycles. The highest BCUT2D eigenvalue weighted by atomic mass is 14.9. The van der Waals surface area contributed by atoms with Crippen LogP contribution in [0.15, 0.2) is 49.5 Å². The molecule has 0 fully saturated rings. The van der Waals surface area contributed by atoms with Gasteiger partial charge in [-0.2, -0.15) is 0 Å². The molecular weight excluding hydrogens is 136 g/mol. The summed E-state index contributed by atoms with van der Waals surface area (Å²) >= 11 is 0. The van der Waals surface area contributed by atoms with Crippen molar-refractivity contribution in [3.63, 3.8) is 0 Å². The van der Waals surface area contributed by atoms with Crippen LogP contribution in [0.5, 0.6) is 0 Å². The average Bonchev–Trinajstić information content (AvgIpc) is 2.03. The minimum absolute atomic E-state index is 0.922. The fourth-order valence-electron chi connectivity index (χ4n) is 0.527. The van der Waals surface area contributed by atoms with E-state index in [0.29, 0.717) is 0 Å². The van der Waals surface area contributed by atoms with Gasteiger partial charge >= 0.3 is 0 Å². The summed E-state index contributed by atoms with van der Waals surface area (Å²) < 4.78 is 0. The van der Waals surface area contributed by atoms with Gasteiger partial charge in [-0.3, -0.25) is 0 Å². The molecule has 0 unspecified atom stereocenters. The molecule has 0 aliphatic rings. The smallest absolute Gasteiger partial charge is 0.0533 e. The fourth-order valence-corrected chi connectivity index (χ4v) is 0.527. The highest BCUT2D eigenvalue weighted by Gasteiger charge is 1.81. The molecule has 0 bridgehead atoms. The molecule has 0 radical (unpaired) electrons. The predicted molar refractivity (Wildman–Crippen MR) is 49.8 cm³/mol. The Kier molecular flexibility index (Phi) is 5.80. The monoisotopic (exact) mass is 150 g/mol. The summed E-state index contributed by atoms with van der Waals surface area (Å²) in [6.45, 7) is 7.17. The van der Waals surface area contributed by atoms with E-state index >= 15 is 0 Å². The molecule has 0 heterocycles. The molecule has 0 aromatic carbocycles. The molecule has 0 spiro atoms. The molecule has 11 heavy (non-hydrogen) atoms. The Bertz CT molecular complexity index is 178. The number of allylic oxidation sites excluding steroid dienone is 3. The molecule has 0 atom stereocenters. The van der Waals surface area contributed by atoms with E-state index in [1.54, 1.807) is 18.4 Å². The van der Waals surface area contributed by atoms with Crippen LogP contribution in [-0.4, -0.2) is 7.05 Å². The molecule has 0 aliphatic heterocycles. The number of nitrogens with one attached hydrogen (secondary N) is 2. The standard InChI is InChI=1S/C9H14N2/c1-4-6-7-11-9(5-2)8-10-3/h4-8,10-11H,1-2H2,3H3/b7-6-,9-8+. The Balaban J connectivity index is 3.88. The third-order valence-corrected chi connectivity index (χ3v) is 1.00.